The van der Waals surface area contributed by atoms with Crippen LogP contribution in [0.1, 0.15) is 57.4 Å². The first kappa shape index (κ1) is 12.3. The Hall–Kier alpha value is -0.780. The van der Waals surface area contributed by atoms with Gasteiger partial charge in [0.2, 0.25) is 0 Å². The van der Waals surface area contributed by atoms with E-state index in [0.717, 1.165) is 29.6 Å². The lowest BCUT2D eigenvalue weighted by Gasteiger charge is -2.34. The molecule has 0 heteroatoms. The molecule has 98 valence electrons. The van der Waals surface area contributed by atoms with Crippen molar-refractivity contribution in [2.24, 2.45) is 23.7 Å². The maximum atomic E-state index is 2.42. The van der Waals surface area contributed by atoms with Gasteiger partial charge in [-0.15, -0.1) is 0 Å². The molecule has 2 saturated carbocycles. The SMILES string of the molecule is CC(C)[C@H]1CC2CCCC(c3ccccc3)C2C1. The van der Waals surface area contributed by atoms with Crippen molar-refractivity contribution in [3.05, 3.63) is 35.9 Å². The van der Waals surface area contributed by atoms with Crippen molar-refractivity contribution in [1.29, 1.82) is 0 Å². The standard InChI is InChI=1S/C18H26/c1-13(2)16-11-15-9-6-10-17(18(15)12-16)14-7-4-3-5-8-14/h3-5,7-8,13,15-18H,6,9-12H2,1-2H3/t15?,16-,17?,18?/m0/s1. The first-order valence-electron chi connectivity index (χ1n) is 7.80. The second-order valence-corrected chi connectivity index (χ2v) is 6.85. The van der Waals surface area contributed by atoms with Gasteiger partial charge in [0, 0.05) is 0 Å². The maximum Gasteiger partial charge on any atom is -0.0131 e. The number of hydrogen-bond acceptors (Lipinski definition) is 0. The van der Waals surface area contributed by atoms with Crippen LogP contribution < -0.4 is 0 Å². The van der Waals surface area contributed by atoms with E-state index in [1.165, 1.54) is 32.1 Å². The fourth-order valence-corrected chi connectivity index (χ4v) is 4.50. The number of fused-ring (bicyclic) bond motifs is 1. The molecule has 3 unspecified atom stereocenters. The third-order valence-electron chi connectivity index (χ3n) is 5.56. The van der Waals surface area contributed by atoms with Crippen LogP contribution in [0, 0.1) is 23.7 Å². The molecule has 2 aliphatic rings. The average molecular weight is 242 g/mol. The minimum Gasteiger partial charge on any atom is -0.0625 e. The van der Waals surface area contributed by atoms with Crippen molar-refractivity contribution in [2.75, 3.05) is 0 Å². The van der Waals surface area contributed by atoms with E-state index in [9.17, 15) is 0 Å². The van der Waals surface area contributed by atoms with Crippen molar-refractivity contribution >= 4 is 0 Å². The fraction of sp³-hybridized carbons (Fsp3) is 0.667. The van der Waals surface area contributed by atoms with Gasteiger partial charge in [-0.3, -0.25) is 0 Å². The maximum absolute atomic E-state index is 2.42. The quantitative estimate of drug-likeness (QED) is 0.664. The van der Waals surface area contributed by atoms with Crippen LogP contribution in [0.25, 0.3) is 0 Å². The van der Waals surface area contributed by atoms with Crippen LogP contribution in [-0.2, 0) is 0 Å². The molecule has 0 heterocycles. The highest BCUT2D eigenvalue weighted by molar-refractivity contribution is 5.22. The Balaban J connectivity index is 1.80. The summed E-state index contributed by atoms with van der Waals surface area (Å²) in [6.45, 7) is 4.83. The van der Waals surface area contributed by atoms with Crippen LogP contribution in [0.15, 0.2) is 30.3 Å². The number of rotatable bonds is 2. The van der Waals surface area contributed by atoms with E-state index in [0.29, 0.717) is 0 Å². The predicted molar refractivity (Wildman–Crippen MR) is 77.6 cm³/mol. The van der Waals surface area contributed by atoms with Crippen LogP contribution in [0.4, 0.5) is 0 Å². The van der Waals surface area contributed by atoms with E-state index in [2.05, 4.69) is 44.2 Å². The Morgan fingerprint density at radius 3 is 2.50 bits per heavy atom. The topological polar surface area (TPSA) is 0 Å². The highest BCUT2D eigenvalue weighted by Crippen LogP contribution is 2.53. The third kappa shape index (κ3) is 2.22. The Kier molecular flexibility index (Phi) is 3.46. The molecule has 0 radical (unpaired) electrons. The third-order valence-corrected chi connectivity index (χ3v) is 5.56. The highest BCUT2D eigenvalue weighted by Gasteiger charge is 2.41. The largest absolute Gasteiger partial charge is 0.0625 e. The van der Waals surface area contributed by atoms with Gasteiger partial charge < -0.3 is 0 Å². The summed E-state index contributed by atoms with van der Waals surface area (Å²) in [6.07, 6.45) is 7.37. The number of benzene rings is 1. The molecule has 1 aromatic rings. The molecule has 0 aliphatic heterocycles. The molecule has 0 N–H and O–H groups in total. The first-order valence-corrected chi connectivity index (χ1v) is 7.80. The molecule has 3 rings (SSSR count). The summed E-state index contributed by atoms with van der Waals surface area (Å²) in [5, 5.41) is 0. The van der Waals surface area contributed by atoms with E-state index in [1.807, 2.05) is 0 Å². The van der Waals surface area contributed by atoms with E-state index in [-0.39, 0.29) is 0 Å². The molecule has 0 amide bonds. The minimum atomic E-state index is 0.855. The number of hydrogen-bond donors (Lipinski definition) is 0. The second kappa shape index (κ2) is 5.07. The van der Waals surface area contributed by atoms with Gasteiger partial charge in [0.1, 0.15) is 0 Å². The molecular weight excluding hydrogens is 216 g/mol. The Morgan fingerprint density at radius 2 is 1.78 bits per heavy atom. The highest BCUT2D eigenvalue weighted by atomic mass is 14.5. The van der Waals surface area contributed by atoms with Gasteiger partial charge in [-0.1, -0.05) is 57.0 Å². The van der Waals surface area contributed by atoms with Gasteiger partial charge in [-0.25, -0.2) is 0 Å². The molecule has 0 bridgehead atoms. The first-order chi connectivity index (χ1) is 8.75. The predicted octanol–water partition coefficient (Wildman–Crippen LogP) is 5.25. The monoisotopic (exact) mass is 242 g/mol. The van der Waals surface area contributed by atoms with Gasteiger partial charge in [-0.2, -0.15) is 0 Å². The molecule has 0 saturated heterocycles. The summed E-state index contributed by atoms with van der Waals surface area (Å²) in [5.41, 5.74) is 1.61. The Morgan fingerprint density at radius 1 is 1.00 bits per heavy atom. The molecule has 18 heavy (non-hydrogen) atoms. The van der Waals surface area contributed by atoms with Gasteiger partial charge >= 0.3 is 0 Å². The van der Waals surface area contributed by atoms with Crippen LogP contribution in [0.2, 0.25) is 0 Å². The summed E-state index contributed by atoms with van der Waals surface area (Å²) in [5.74, 6) is 4.73. The average Bonchev–Trinajstić information content (AvgIpc) is 2.83. The van der Waals surface area contributed by atoms with Crippen LogP contribution in [0.3, 0.4) is 0 Å². The molecule has 1 aromatic carbocycles. The van der Waals surface area contributed by atoms with Crippen LogP contribution in [-0.4, -0.2) is 0 Å². The Bertz CT molecular complexity index is 378. The van der Waals surface area contributed by atoms with Crippen LogP contribution >= 0.6 is 0 Å². The van der Waals surface area contributed by atoms with Gasteiger partial charge in [0.15, 0.2) is 0 Å². The lowest BCUT2D eigenvalue weighted by Crippen LogP contribution is -2.22. The smallest absolute Gasteiger partial charge is 0.0131 e. The Labute approximate surface area is 112 Å². The van der Waals surface area contributed by atoms with Crippen molar-refractivity contribution in [2.45, 2.75) is 51.9 Å². The van der Waals surface area contributed by atoms with Gasteiger partial charge in [0.25, 0.3) is 0 Å². The summed E-state index contributed by atoms with van der Waals surface area (Å²) >= 11 is 0. The zero-order chi connectivity index (χ0) is 12.5. The zero-order valence-corrected chi connectivity index (χ0v) is 11.8. The molecule has 0 spiro atoms. The summed E-state index contributed by atoms with van der Waals surface area (Å²) in [6, 6.07) is 11.3. The van der Waals surface area contributed by atoms with Gasteiger partial charge in [-0.05, 0) is 54.4 Å². The van der Waals surface area contributed by atoms with Crippen molar-refractivity contribution in [3.63, 3.8) is 0 Å². The van der Waals surface area contributed by atoms with Gasteiger partial charge in [0.05, 0.1) is 0 Å². The summed E-state index contributed by atoms with van der Waals surface area (Å²) in [4.78, 5) is 0. The van der Waals surface area contributed by atoms with Crippen LogP contribution in [0.5, 0.6) is 0 Å². The molecule has 0 nitrogen and oxygen atoms in total. The lowest BCUT2D eigenvalue weighted by molar-refractivity contribution is 0.238. The zero-order valence-electron chi connectivity index (χ0n) is 11.8. The van der Waals surface area contributed by atoms with E-state index < -0.39 is 0 Å². The van der Waals surface area contributed by atoms with E-state index in [1.54, 1.807) is 5.56 Å². The normalized spacial score (nSPS) is 35.7. The van der Waals surface area contributed by atoms with Crippen molar-refractivity contribution in [1.82, 2.24) is 0 Å². The lowest BCUT2D eigenvalue weighted by atomic mass is 9.71. The van der Waals surface area contributed by atoms with Crippen molar-refractivity contribution < 1.29 is 0 Å². The molecular formula is C18H26. The molecule has 2 aliphatic carbocycles. The fourth-order valence-electron chi connectivity index (χ4n) is 4.50. The summed E-state index contributed by atoms with van der Waals surface area (Å²) < 4.78 is 0. The van der Waals surface area contributed by atoms with Crippen molar-refractivity contribution in [3.8, 4) is 0 Å². The van der Waals surface area contributed by atoms with E-state index >= 15 is 0 Å². The minimum absolute atomic E-state index is 0.855. The molecule has 4 atom stereocenters. The molecule has 0 aromatic heterocycles. The second-order valence-electron chi connectivity index (χ2n) is 6.85. The van der Waals surface area contributed by atoms with E-state index in [4.69, 9.17) is 0 Å². The molecule has 2 fully saturated rings. The summed E-state index contributed by atoms with van der Waals surface area (Å²) in [7, 11) is 0.